The molecule has 0 spiro atoms. The van der Waals surface area contributed by atoms with E-state index in [4.69, 9.17) is 0 Å². The first-order chi connectivity index (χ1) is 13.9. The number of benzene rings is 1. The fourth-order valence-corrected chi connectivity index (χ4v) is 3.44. The SMILES string of the molecule is CCNC(=NCc1cccc(Cn2cccn2)c1)NC1CCN(CC(F)(F)F)C1. The molecule has 2 aromatic rings. The van der Waals surface area contributed by atoms with E-state index in [2.05, 4.69) is 26.8 Å². The Bertz CT molecular complexity index is 788. The van der Waals surface area contributed by atoms with Crippen molar-refractivity contribution in [2.24, 2.45) is 4.99 Å². The van der Waals surface area contributed by atoms with Crippen LogP contribution in [0.1, 0.15) is 24.5 Å². The van der Waals surface area contributed by atoms with Crippen molar-refractivity contribution in [1.29, 1.82) is 0 Å². The Labute approximate surface area is 168 Å². The van der Waals surface area contributed by atoms with Crippen molar-refractivity contribution in [2.75, 3.05) is 26.2 Å². The van der Waals surface area contributed by atoms with E-state index < -0.39 is 12.7 Å². The van der Waals surface area contributed by atoms with Gasteiger partial charge in [-0.2, -0.15) is 18.3 Å². The molecule has 1 aliphatic rings. The second-order valence-corrected chi connectivity index (χ2v) is 7.20. The van der Waals surface area contributed by atoms with Gasteiger partial charge in [0.05, 0.1) is 19.6 Å². The van der Waals surface area contributed by atoms with E-state index in [1.54, 1.807) is 6.20 Å². The van der Waals surface area contributed by atoms with Crippen LogP contribution in [-0.4, -0.2) is 59.0 Å². The lowest BCUT2D eigenvalue weighted by atomic mass is 10.1. The predicted molar refractivity (Wildman–Crippen MR) is 107 cm³/mol. The van der Waals surface area contributed by atoms with Crippen molar-refractivity contribution in [3.63, 3.8) is 0 Å². The molecular weight excluding hydrogens is 381 g/mol. The Hall–Kier alpha value is -2.55. The number of nitrogens with zero attached hydrogens (tertiary/aromatic N) is 4. The maximum Gasteiger partial charge on any atom is 0.401 e. The third-order valence-electron chi connectivity index (χ3n) is 4.68. The van der Waals surface area contributed by atoms with Crippen LogP contribution in [0.25, 0.3) is 0 Å². The number of likely N-dealkylation sites (tertiary alicyclic amines) is 1. The smallest absolute Gasteiger partial charge is 0.357 e. The van der Waals surface area contributed by atoms with Gasteiger partial charge in [0, 0.05) is 38.1 Å². The number of rotatable bonds is 7. The van der Waals surface area contributed by atoms with Gasteiger partial charge < -0.3 is 10.6 Å². The van der Waals surface area contributed by atoms with Crippen LogP contribution in [0.5, 0.6) is 0 Å². The van der Waals surface area contributed by atoms with Crippen molar-refractivity contribution in [2.45, 2.75) is 38.7 Å². The van der Waals surface area contributed by atoms with Crippen LogP contribution in [0.3, 0.4) is 0 Å². The Kier molecular flexibility index (Phi) is 7.13. The van der Waals surface area contributed by atoms with Gasteiger partial charge in [-0.05, 0) is 30.5 Å². The number of halogens is 3. The summed E-state index contributed by atoms with van der Waals surface area (Å²) in [7, 11) is 0. The van der Waals surface area contributed by atoms with Gasteiger partial charge in [-0.25, -0.2) is 4.99 Å². The van der Waals surface area contributed by atoms with E-state index in [0.717, 1.165) is 11.1 Å². The molecule has 1 aliphatic heterocycles. The summed E-state index contributed by atoms with van der Waals surface area (Å²) in [6, 6.07) is 10.0. The molecule has 0 radical (unpaired) electrons. The van der Waals surface area contributed by atoms with E-state index in [0.29, 0.717) is 45.1 Å². The van der Waals surface area contributed by atoms with Crippen LogP contribution >= 0.6 is 0 Å². The molecule has 1 saturated heterocycles. The molecule has 9 heteroatoms. The van der Waals surface area contributed by atoms with Crippen LogP contribution in [-0.2, 0) is 13.1 Å². The molecule has 1 aromatic carbocycles. The number of nitrogens with one attached hydrogen (secondary N) is 2. The molecular formula is C20H27F3N6. The number of aliphatic imine (C=N–C) groups is 1. The van der Waals surface area contributed by atoms with E-state index in [1.165, 1.54) is 4.90 Å². The van der Waals surface area contributed by atoms with Crippen molar-refractivity contribution in [3.8, 4) is 0 Å². The molecule has 0 aliphatic carbocycles. The minimum Gasteiger partial charge on any atom is -0.357 e. The van der Waals surface area contributed by atoms with Gasteiger partial charge in [-0.1, -0.05) is 24.3 Å². The zero-order valence-corrected chi connectivity index (χ0v) is 16.5. The Morgan fingerprint density at radius 1 is 1.28 bits per heavy atom. The fraction of sp³-hybridized carbons (Fsp3) is 0.500. The Balaban J connectivity index is 1.57. The number of alkyl halides is 3. The van der Waals surface area contributed by atoms with E-state index in [1.807, 2.05) is 42.1 Å². The first-order valence-electron chi connectivity index (χ1n) is 9.80. The van der Waals surface area contributed by atoms with E-state index >= 15 is 0 Å². The number of aromatic nitrogens is 2. The normalized spacial score (nSPS) is 18.2. The lowest BCUT2D eigenvalue weighted by molar-refractivity contribution is -0.143. The van der Waals surface area contributed by atoms with Gasteiger partial charge in [0.1, 0.15) is 0 Å². The largest absolute Gasteiger partial charge is 0.401 e. The maximum absolute atomic E-state index is 12.6. The topological polar surface area (TPSA) is 57.5 Å². The highest BCUT2D eigenvalue weighted by atomic mass is 19.4. The Morgan fingerprint density at radius 3 is 2.83 bits per heavy atom. The summed E-state index contributed by atoms with van der Waals surface area (Å²) in [4.78, 5) is 6.05. The van der Waals surface area contributed by atoms with Crippen molar-refractivity contribution in [3.05, 3.63) is 53.9 Å². The Morgan fingerprint density at radius 2 is 2.10 bits per heavy atom. The first-order valence-corrected chi connectivity index (χ1v) is 9.80. The second-order valence-electron chi connectivity index (χ2n) is 7.20. The van der Waals surface area contributed by atoms with Crippen LogP contribution in [0.15, 0.2) is 47.7 Å². The summed E-state index contributed by atoms with van der Waals surface area (Å²) in [5, 5.41) is 10.7. The molecule has 29 heavy (non-hydrogen) atoms. The highest BCUT2D eigenvalue weighted by Gasteiger charge is 2.34. The molecule has 0 amide bonds. The average Bonchev–Trinajstić information content (AvgIpc) is 3.31. The zero-order valence-electron chi connectivity index (χ0n) is 16.5. The molecule has 3 rings (SSSR count). The molecule has 1 aromatic heterocycles. The second kappa shape index (κ2) is 9.78. The third-order valence-corrected chi connectivity index (χ3v) is 4.68. The van der Waals surface area contributed by atoms with Gasteiger partial charge in [0.15, 0.2) is 5.96 Å². The van der Waals surface area contributed by atoms with Crippen molar-refractivity contribution < 1.29 is 13.2 Å². The van der Waals surface area contributed by atoms with Gasteiger partial charge in [0.25, 0.3) is 0 Å². The molecule has 2 N–H and O–H groups in total. The van der Waals surface area contributed by atoms with Crippen molar-refractivity contribution >= 4 is 5.96 Å². The fourth-order valence-electron chi connectivity index (χ4n) is 3.44. The maximum atomic E-state index is 12.6. The van der Waals surface area contributed by atoms with Gasteiger partial charge in [0.2, 0.25) is 0 Å². The lowest BCUT2D eigenvalue weighted by Crippen LogP contribution is -2.45. The molecule has 1 unspecified atom stereocenters. The number of hydrogen-bond donors (Lipinski definition) is 2. The minimum absolute atomic E-state index is 0.0405. The van der Waals surface area contributed by atoms with Gasteiger partial charge in [-0.3, -0.25) is 9.58 Å². The molecule has 0 saturated carbocycles. The lowest BCUT2D eigenvalue weighted by Gasteiger charge is -2.19. The molecule has 0 bridgehead atoms. The molecule has 1 atom stereocenters. The summed E-state index contributed by atoms with van der Waals surface area (Å²) >= 11 is 0. The van der Waals surface area contributed by atoms with Crippen LogP contribution in [0.2, 0.25) is 0 Å². The minimum atomic E-state index is -4.16. The van der Waals surface area contributed by atoms with Crippen LogP contribution < -0.4 is 10.6 Å². The molecule has 158 valence electrons. The summed E-state index contributed by atoms with van der Waals surface area (Å²) in [6.45, 7) is 3.77. The quantitative estimate of drug-likeness (QED) is 0.546. The standard InChI is InChI=1S/C20H27F3N6/c1-2-24-19(27-18-7-10-28(14-18)15-20(21,22)23)25-12-16-5-3-6-17(11-16)13-29-9-4-8-26-29/h3-6,8-9,11,18H,2,7,10,12-15H2,1H3,(H2,24,25,27). The zero-order chi connectivity index (χ0) is 20.7. The van der Waals surface area contributed by atoms with E-state index in [9.17, 15) is 13.2 Å². The van der Waals surface area contributed by atoms with Gasteiger partial charge >= 0.3 is 6.18 Å². The highest BCUT2D eigenvalue weighted by molar-refractivity contribution is 5.80. The monoisotopic (exact) mass is 408 g/mol. The molecule has 6 nitrogen and oxygen atoms in total. The third kappa shape index (κ3) is 7.08. The number of guanidine groups is 1. The van der Waals surface area contributed by atoms with E-state index in [-0.39, 0.29) is 6.04 Å². The number of hydrogen-bond acceptors (Lipinski definition) is 3. The summed E-state index contributed by atoms with van der Waals surface area (Å²) in [6.07, 6.45) is 0.178. The molecule has 2 heterocycles. The highest BCUT2D eigenvalue weighted by Crippen LogP contribution is 2.20. The van der Waals surface area contributed by atoms with Gasteiger partial charge in [-0.15, -0.1) is 0 Å². The summed E-state index contributed by atoms with van der Waals surface area (Å²) in [5.74, 6) is 0.629. The van der Waals surface area contributed by atoms with Crippen LogP contribution in [0.4, 0.5) is 13.2 Å². The predicted octanol–water partition coefficient (Wildman–Crippen LogP) is 2.62. The van der Waals surface area contributed by atoms with Crippen LogP contribution in [0, 0.1) is 0 Å². The summed E-state index contributed by atoms with van der Waals surface area (Å²) in [5.41, 5.74) is 2.20. The summed E-state index contributed by atoms with van der Waals surface area (Å²) < 4.78 is 39.6. The van der Waals surface area contributed by atoms with Crippen molar-refractivity contribution in [1.82, 2.24) is 25.3 Å². The average molecular weight is 408 g/mol. The first kappa shape index (κ1) is 21.2. The molecule has 1 fully saturated rings.